The van der Waals surface area contributed by atoms with E-state index >= 15 is 0 Å². The van der Waals surface area contributed by atoms with E-state index in [4.69, 9.17) is 23.2 Å². The lowest BCUT2D eigenvalue weighted by Crippen LogP contribution is -2.09. The van der Waals surface area contributed by atoms with Crippen molar-refractivity contribution in [3.8, 4) is 11.1 Å². The molecule has 5 heteroatoms. The van der Waals surface area contributed by atoms with Gasteiger partial charge in [-0.1, -0.05) is 35.3 Å². The highest BCUT2D eigenvalue weighted by Gasteiger charge is 2.14. The Balaban J connectivity index is 2.58. The molecule has 1 amide bonds. The summed E-state index contributed by atoms with van der Waals surface area (Å²) in [6.45, 7) is 1.45. The van der Waals surface area contributed by atoms with Gasteiger partial charge in [-0.25, -0.2) is 0 Å². The Morgan fingerprint density at radius 1 is 1.24 bits per heavy atom. The first kappa shape index (κ1) is 15.7. The zero-order chi connectivity index (χ0) is 15.6. The van der Waals surface area contributed by atoms with Gasteiger partial charge in [0.2, 0.25) is 5.91 Å². The van der Waals surface area contributed by atoms with Gasteiger partial charge in [-0.05, 0) is 18.2 Å². The van der Waals surface area contributed by atoms with Crippen molar-refractivity contribution < 1.29 is 4.79 Å². The largest absolute Gasteiger partial charge is 0.378 e. The number of halogens is 2. The Morgan fingerprint density at radius 2 is 1.95 bits per heavy atom. The fourth-order valence-electron chi connectivity index (χ4n) is 2.01. The predicted molar refractivity (Wildman–Crippen MR) is 89.4 cm³/mol. The molecule has 1 radical (unpaired) electrons. The SMILES string of the molecule is CC(=O)Nc1cc[c]c(Cl)c1-c1ccc(N(C)C)cc1Cl. The average molecular weight is 322 g/mol. The summed E-state index contributed by atoms with van der Waals surface area (Å²) in [5.41, 5.74) is 3.03. The first-order chi connectivity index (χ1) is 9.90. The highest BCUT2D eigenvalue weighted by Crippen LogP contribution is 2.39. The molecule has 0 atom stereocenters. The third kappa shape index (κ3) is 3.49. The maximum Gasteiger partial charge on any atom is 0.221 e. The van der Waals surface area contributed by atoms with E-state index in [9.17, 15) is 4.79 Å². The van der Waals surface area contributed by atoms with E-state index in [1.165, 1.54) is 6.92 Å². The molecule has 0 unspecified atom stereocenters. The summed E-state index contributed by atoms with van der Waals surface area (Å²) >= 11 is 12.6. The van der Waals surface area contributed by atoms with Crippen LogP contribution in [0.4, 0.5) is 11.4 Å². The third-order valence-corrected chi connectivity index (χ3v) is 3.61. The lowest BCUT2D eigenvalue weighted by Gasteiger charge is -2.17. The molecule has 0 bridgehead atoms. The lowest BCUT2D eigenvalue weighted by atomic mass is 10.0. The number of anilines is 2. The molecule has 0 aliphatic heterocycles. The molecule has 109 valence electrons. The maximum atomic E-state index is 11.3. The van der Waals surface area contributed by atoms with E-state index in [0.717, 1.165) is 11.3 Å². The number of hydrogen-bond acceptors (Lipinski definition) is 2. The normalized spacial score (nSPS) is 10.3. The second-order valence-electron chi connectivity index (χ2n) is 4.82. The highest BCUT2D eigenvalue weighted by atomic mass is 35.5. The van der Waals surface area contributed by atoms with Crippen LogP contribution in [0.1, 0.15) is 6.92 Å². The second-order valence-corrected chi connectivity index (χ2v) is 5.61. The summed E-state index contributed by atoms with van der Waals surface area (Å²) in [6, 6.07) is 12.0. The van der Waals surface area contributed by atoms with Gasteiger partial charge in [-0.2, -0.15) is 0 Å². The molecule has 0 aliphatic carbocycles. The monoisotopic (exact) mass is 321 g/mol. The van der Waals surface area contributed by atoms with Crippen LogP contribution in [0.2, 0.25) is 10.0 Å². The molecule has 2 aromatic rings. The molecule has 0 aromatic heterocycles. The van der Waals surface area contributed by atoms with Crippen molar-refractivity contribution in [1.29, 1.82) is 0 Å². The van der Waals surface area contributed by atoms with Crippen LogP contribution in [-0.2, 0) is 4.79 Å². The smallest absolute Gasteiger partial charge is 0.221 e. The van der Waals surface area contributed by atoms with Gasteiger partial charge in [0.05, 0.1) is 15.7 Å². The number of carbonyl (C=O) groups is 1. The van der Waals surface area contributed by atoms with Gasteiger partial charge in [0.25, 0.3) is 0 Å². The van der Waals surface area contributed by atoms with Gasteiger partial charge < -0.3 is 10.2 Å². The van der Waals surface area contributed by atoms with Crippen LogP contribution in [-0.4, -0.2) is 20.0 Å². The molecule has 0 saturated heterocycles. The molecule has 0 spiro atoms. The molecular weight excluding hydrogens is 307 g/mol. The summed E-state index contributed by atoms with van der Waals surface area (Å²) < 4.78 is 0. The minimum atomic E-state index is -0.167. The van der Waals surface area contributed by atoms with Crippen molar-refractivity contribution in [2.75, 3.05) is 24.3 Å². The standard InChI is InChI=1S/C16H15Cl2N2O/c1-10(21)19-15-6-4-5-13(17)16(15)12-8-7-11(20(2)3)9-14(12)18/h4,6-9H,1-3H3,(H,19,21). The van der Waals surface area contributed by atoms with Gasteiger partial charge >= 0.3 is 0 Å². The van der Waals surface area contributed by atoms with Gasteiger partial charge in [-0.3, -0.25) is 4.79 Å². The average Bonchev–Trinajstić information content (AvgIpc) is 2.39. The fourth-order valence-corrected chi connectivity index (χ4v) is 2.55. The number of amides is 1. The van der Waals surface area contributed by atoms with E-state index in [2.05, 4.69) is 11.4 Å². The number of nitrogens with one attached hydrogen (secondary N) is 1. The zero-order valence-electron chi connectivity index (χ0n) is 12.0. The Morgan fingerprint density at radius 3 is 2.52 bits per heavy atom. The molecule has 0 fully saturated rings. The third-order valence-electron chi connectivity index (χ3n) is 3.00. The number of benzene rings is 2. The zero-order valence-corrected chi connectivity index (χ0v) is 13.5. The van der Waals surface area contributed by atoms with E-state index < -0.39 is 0 Å². The molecular formula is C16H15Cl2N2O. The van der Waals surface area contributed by atoms with Crippen LogP contribution in [0.25, 0.3) is 11.1 Å². The summed E-state index contributed by atoms with van der Waals surface area (Å²) in [4.78, 5) is 13.3. The molecule has 3 nitrogen and oxygen atoms in total. The summed E-state index contributed by atoms with van der Waals surface area (Å²) in [5.74, 6) is -0.167. The minimum Gasteiger partial charge on any atom is -0.378 e. The van der Waals surface area contributed by atoms with Gasteiger partial charge in [0, 0.05) is 43.9 Å². The molecule has 0 heterocycles. The van der Waals surface area contributed by atoms with Crippen LogP contribution in [0.5, 0.6) is 0 Å². The van der Waals surface area contributed by atoms with Crippen LogP contribution in [0.3, 0.4) is 0 Å². The van der Waals surface area contributed by atoms with Crippen molar-refractivity contribution in [2.24, 2.45) is 0 Å². The van der Waals surface area contributed by atoms with Crippen molar-refractivity contribution >= 4 is 40.5 Å². The van der Waals surface area contributed by atoms with Gasteiger partial charge in [-0.15, -0.1) is 0 Å². The van der Waals surface area contributed by atoms with Crippen LogP contribution < -0.4 is 10.2 Å². The Hall–Kier alpha value is -1.71. The lowest BCUT2D eigenvalue weighted by molar-refractivity contribution is -0.114. The van der Waals surface area contributed by atoms with Crippen LogP contribution in [0, 0.1) is 6.07 Å². The van der Waals surface area contributed by atoms with Crippen molar-refractivity contribution in [1.82, 2.24) is 0 Å². The number of carbonyl (C=O) groups excluding carboxylic acids is 1. The van der Waals surface area contributed by atoms with E-state index in [-0.39, 0.29) is 5.91 Å². The van der Waals surface area contributed by atoms with Gasteiger partial charge in [0.15, 0.2) is 0 Å². The Bertz CT molecular complexity index is 684. The van der Waals surface area contributed by atoms with E-state index in [0.29, 0.717) is 21.3 Å². The van der Waals surface area contributed by atoms with E-state index in [1.54, 1.807) is 12.1 Å². The molecule has 0 saturated carbocycles. The fraction of sp³-hybridized carbons (Fsp3) is 0.188. The Kier molecular flexibility index (Phi) is 4.76. The number of hydrogen-bond donors (Lipinski definition) is 1. The summed E-state index contributed by atoms with van der Waals surface area (Å²) in [5, 5.41) is 3.75. The second kappa shape index (κ2) is 6.37. The number of nitrogens with zero attached hydrogens (tertiary/aromatic N) is 1. The topological polar surface area (TPSA) is 32.3 Å². The van der Waals surface area contributed by atoms with E-state index in [1.807, 2.05) is 37.2 Å². The van der Waals surface area contributed by atoms with Crippen LogP contribution >= 0.6 is 23.2 Å². The van der Waals surface area contributed by atoms with Crippen molar-refractivity contribution in [3.05, 3.63) is 46.4 Å². The Labute approximate surface area is 134 Å². The molecule has 21 heavy (non-hydrogen) atoms. The van der Waals surface area contributed by atoms with Crippen LogP contribution in [0.15, 0.2) is 30.3 Å². The quantitative estimate of drug-likeness (QED) is 0.903. The maximum absolute atomic E-state index is 11.3. The molecule has 2 aromatic carbocycles. The first-order valence-corrected chi connectivity index (χ1v) is 7.10. The number of rotatable bonds is 3. The molecule has 0 aliphatic rings. The summed E-state index contributed by atoms with van der Waals surface area (Å²) in [6.07, 6.45) is 0. The minimum absolute atomic E-state index is 0.167. The summed E-state index contributed by atoms with van der Waals surface area (Å²) in [7, 11) is 3.88. The predicted octanol–water partition coefficient (Wildman–Crippen LogP) is 4.48. The van der Waals surface area contributed by atoms with Crippen molar-refractivity contribution in [2.45, 2.75) is 6.92 Å². The highest BCUT2D eigenvalue weighted by molar-refractivity contribution is 6.37. The van der Waals surface area contributed by atoms with Crippen molar-refractivity contribution in [3.63, 3.8) is 0 Å². The first-order valence-electron chi connectivity index (χ1n) is 6.35. The molecule has 1 N–H and O–H groups in total. The van der Waals surface area contributed by atoms with Gasteiger partial charge in [0.1, 0.15) is 0 Å². The molecule has 2 rings (SSSR count).